The fourth-order valence-corrected chi connectivity index (χ4v) is 3.11. The number of rotatable bonds is 3. The van der Waals surface area contributed by atoms with Gasteiger partial charge in [0.1, 0.15) is 0 Å². The van der Waals surface area contributed by atoms with Crippen LogP contribution >= 0.6 is 0 Å². The Bertz CT molecular complexity index is 211. The van der Waals surface area contributed by atoms with Crippen molar-refractivity contribution in [2.45, 2.75) is 38.3 Å². The van der Waals surface area contributed by atoms with Crippen molar-refractivity contribution < 1.29 is 0 Å². The topological polar surface area (TPSA) is 9.72 Å². The number of piperazine rings is 1. The van der Waals surface area contributed by atoms with Crippen LogP contribution in [0.2, 0.25) is 0 Å². The lowest BCUT2D eigenvalue weighted by atomic mass is 10.1. The molecule has 2 aliphatic rings. The molecule has 3 nitrogen and oxygen atoms in total. The second-order valence-corrected chi connectivity index (χ2v) is 5.53. The summed E-state index contributed by atoms with van der Waals surface area (Å²) in [6, 6.07) is 1.71. The molecule has 0 N–H and O–H groups in total. The van der Waals surface area contributed by atoms with E-state index in [4.69, 9.17) is 0 Å². The van der Waals surface area contributed by atoms with Gasteiger partial charge in [-0.25, -0.2) is 0 Å². The zero-order chi connectivity index (χ0) is 11.5. The minimum atomic E-state index is 0.842. The van der Waals surface area contributed by atoms with E-state index in [1.165, 1.54) is 52.0 Å². The molecule has 94 valence electrons. The van der Waals surface area contributed by atoms with Gasteiger partial charge in [-0.2, -0.15) is 0 Å². The molecule has 1 heterocycles. The first-order valence-corrected chi connectivity index (χ1v) is 6.83. The lowest BCUT2D eigenvalue weighted by Gasteiger charge is -2.36. The fraction of sp³-hybridized carbons (Fsp3) is 1.00. The van der Waals surface area contributed by atoms with E-state index in [-0.39, 0.29) is 0 Å². The first-order valence-electron chi connectivity index (χ1n) is 6.83. The molecule has 0 spiro atoms. The highest BCUT2D eigenvalue weighted by molar-refractivity contribution is 4.88. The van der Waals surface area contributed by atoms with Crippen molar-refractivity contribution in [1.82, 2.24) is 14.7 Å². The summed E-state index contributed by atoms with van der Waals surface area (Å²) in [6.45, 7) is 8.53. The van der Waals surface area contributed by atoms with E-state index >= 15 is 0 Å². The molecule has 1 aliphatic carbocycles. The van der Waals surface area contributed by atoms with Gasteiger partial charge in [-0.05, 0) is 39.9 Å². The summed E-state index contributed by atoms with van der Waals surface area (Å²) >= 11 is 0. The van der Waals surface area contributed by atoms with Crippen LogP contribution < -0.4 is 0 Å². The maximum atomic E-state index is 2.73. The second-order valence-electron chi connectivity index (χ2n) is 5.53. The highest BCUT2D eigenvalue weighted by Gasteiger charge is 2.31. The Morgan fingerprint density at radius 2 is 1.81 bits per heavy atom. The van der Waals surface area contributed by atoms with E-state index in [9.17, 15) is 0 Å². The van der Waals surface area contributed by atoms with Gasteiger partial charge in [0.2, 0.25) is 0 Å². The molecule has 1 aliphatic heterocycles. The molecule has 0 aromatic heterocycles. The minimum Gasteiger partial charge on any atom is -0.304 e. The fourth-order valence-electron chi connectivity index (χ4n) is 3.11. The van der Waals surface area contributed by atoms with Gasteiger partial charge in [-0.3, -0.25) is 4.90 Å². The van der Waals surface area contributed by atoms with Crippen LogP contribution in [0.15, 0.2) is 0 Å². The number of hydrogen-bond donors (Lipinski definition) is 0. The summed E-state index contributed by atoms with van der Waals surface area (Å²) in [4.78, 5) is 7.70. The van der Waals surface area contributed by atoms with Crippen molar-refractivity contribution in [3.63, 3.8) is 0 Å². The van der Waals surface area contributed by atoms with E-state index in [2.05, 4.69) is 35.7 Å². The number of likely N-dealkylation sites (N-methyl/N-ethyl adjacent to an activating group) is 1. The van der Waals surface area contributed by atoms with E-state index < -0.39 is 0 Å². The molecule has 2 rings (SSSR count). The molecule has 1 saturated heterocycles. The average molecular weight is 225 g/mol. The molecular formula is C13H27N3. The van der Waals surface area contributed by atoms with E-state index in [1.807, 2.05) is 0 Å². The maximum Gasteiger partial charge on any atom is 0.0113 e. The molecule has 1 saturated carbocycles. The van der Waals surface area contributed by atoms with Crippen molar-refractivity contribution in [3.8, 4) is 0 Å². The van der Waals surface area contributed by atoms with Crippen LogP contribution in [-0.4, -0.2) is 73.6 Å². The summed E-state index contributed by atoms with van der Waals surface area (Å²) in [6.07, 6.45) is 4.22. The first kappa shape index (κ1) is 12.3. The molecule has 16 heavy (non-hydrogen) atoms. The molecule has 0 aromatic carbocycles. The normalized spacial score (nSPS) is 33.8. The Balaban J connectivity index is 1.80. The highest BCUT2D eigenvalue weighted by Crippen LogP contribution is 2.27. The first-order chi connectivity index (χ1) is 7.70. The third-order valence-corrected chi connectivity index (χ3v) is 4.55. The standard InChI is InChI=1S/C13H27N3/c1-4-15(3)12-5-6-13(11-12)16-9-7-14(2)8-10-16/h12-13H,4-11H2,1-3H3/t12-,13+/m0/s1. The van der Waals surface area contributed by atoms with Gasteiger partial charge in [-0.15, -0.1) is 0 Å². The van der Waals surface area contributed by atoms with Crippen LogP contribution in [0, 0.1) is 0 Å². The summed E-state index contributed by atoms with van der Waals surface area (Å²) in [7, 11) is 4.51. The van der Waals surface area contributed by atoms with E-state index in [0.717, 1.165) is 12.1 Å². The third-order valence-electron chi connectivity index (χ3n) is 4.55. The van der Waals surface area contributed by atoms with Gasteiger partial charge in [0.15, 0.2) is 0 Å². The van der Waals surface area contributed by atoms with Crippen molar-refractivity contribution in [1.29, 1.82) is 0 Å². The van der Waals surface area contributed by atoms with Gasteiger partial charge in [0.25, 0.3) is 0 Å². The van der Waals surface area contributed by atoms with Gasteiger partial charge < -0.3 is 9.80 Å². The SMILES string of the molecule is CCN(C)[C@H]1CC[C@@H](N2CCN(C)CC2)C1. The lowest BCUT2D eigenvalue weighted by Crippen LogP contribution is -2.48. The quantitative estimate of drug-likeness (QED) is 0.712. The van der Waals surface area contributed by atoms with Crippen molar-refractivity contribution in [2.75, 3.05) is 46.8 Å². The van der Waals surface area contributed by atoms with Crippen LogP contribution in [0.3, 0.4) is 0 Å². The third kappa shape index (κ3) is 2.76. The maximum absolute atomic E-state index is 2.73. The van der Waals surface area contributed by atoms with Gasteiger partial charge in [0, 0.05) is 38.3 Å². The van der Waals surface area contributed by atoms with E-state index in [0.29, 0.717) is 0 Å². The molecule has 2 atom stereocenters. The summed E-state index contributed by atoms with van der Waals surface area (Å²) in [5.74, 6) is 0. The largest absolute Gasteiger partial charge is 0.304 e. The number of hydrogen-bond acceptors (Lipinski definition) is 3. The van der Waals surface area contributed by atoms with Gasteiger partial charge in [0.05, 0.1) is 0 Å². The van der Waals surface area contributed by atoms with Gasteiger partial charge >= 0.3 is 0 Å². The van der Waals surface area contributed by atoms with Crippen LogP contribution in [0.25, 0.3) is 0 Å². The molecule has 0 unspecified atom stereocenters. The van der Waals surface area contributed by atoms with Crippen LogP contribution in [0.4, 0.5) is 0 Å². The van der Waals surface area contributed by atoms with E-state index in [1.54, 1.807) is 0 Å². The Hall–Kier alpha value is -0.120. The Kier molecular flexibility index (Phi) is 4.22. The van der Waals surface area contributed by atoms with Crippen molar-refractivity contribution >= 4 is 0 Å². The number of nitrogens with zero attached hydrogens (tertiary/aromatic N) is 3. The van der Waals surface area contributed by atoms with Crippen LogP contribution in [0.5, 0.6) is 0 Å². The van der Waals surface area contributed by atoms with Crippen molar-refractivity contribution in [3.05, 3.63) is 0 Å². The molecule has 0 bridgehead atoms. The lowest BCUT2D eigenvalue weighted by molar-refractivity contribution is 0.109. The van der Waals surface area contributed by atoms with Gasteiger partial charge in [-0.1, -0.05) is 6.92 Å². The second kappa shape index (κ2) is 5.48. The highest BCUT2D eigenvalue weighted by atomic mass is 15.3. The Morgan fingerprint density at radius 3 is 2.44 bits per heavy atom. The predicted octanol–water partition coefficient (Wildman–Crippen LogP) is 1.11. The molecule has 0 amide bonds. The smallest absolute Gasteiger partial charge is 0.0113 e. The summed E-state index contributed by atoms with van der Waals surface area (Å²) < 4.78 is 0. The van der Waals surface area contributed by atoms with Crippen molar-refractivity contribution in [2.24, 2.45) is 0 Å². The monoisotopic (exact) mass is 225 g/mol. The molecule has 0 aromatic rings. The molecule has 0 radical (unpaired) electrons. The zero-order valence-corrected chi connectivity index (χ0v) is 11.2. The minimum absolute atomic E-state index is 0.842. The summed E-state index contributed by atoms with van der Waals surface area (Å²) in [5.41, 5.74) is 0. The Morgan fingerprint density at radius 1 is 1.12 bits per heavy atom. The zero-order valence-electron chi connectivity index (χ0n) is 11.2. The average Bonchev–Trinajstić information content (AvgIpc) is 2.78. The molecule has 2 fully saturated rings. The van der Waals surface area contributed by atoms with Crippen LogP contribution in [-0.2, 0) is 0 Å². The molecular weight excluding hydrogens is 198 g/mol. The molecule has 3 heteroatoms. The summed E-state index contributed by atoms with van der Waals surface area (Å²) in [5, 5.41) is 0. The van der Waals surface area contributed by atoms with Crippen LogP contribution in [0.1, 0.15) is 26.2 Å². The predicted molar refractivity (Wildman–Crippen MR) is 68.8 cm³/mol. The Labute approximate surface area is 100 Å².